The minimum absolute atomic E-state index is 0.000363. The van der Waals surface area contributed by atoms with Crippen molar-refractivity contribution in [2.45, 2.75) is 346 Å². The predicted octanol–water partition coefficient (Wildman–Crippen LogP) is 14.9. The van der Waals surface area contributed by atoms with Gasteiger partial charge < -0.3 is 45.1 Å². The van der Waals surface area contributed by atoms with Crippen molar-refractivity contribution in [2.24, 2.45) is 0 Å². The first-order chi connectivity index (χ1) is 36.2. The fourth-order valence-corrected chi connectivity index (χ4v) is 10.0. The van der Waals surface area contributed by atoms with Gasteiger partial charge in [0.1, 0.15) is 24.4 Å². The maximum Gasteiger partial charge on any atom is 0.305 e. The quantitative estimate of drug-likeness (QED) is 0.0195. The molecule has 7 atom stereocenters. The Hall–Kier alpha value is -1.86. The van der Waals surface area contributed by atoms with E-state index in [0.29, 0.717) is 19.4 Å². The number of ether oxygens (including phenoxy) is 3. The van der Waals surface area contributed by atoms with E-state index in [1.165, 1.54) is 218 Å². The van der Waals surface area contributed by atoms with Gasteiger partial charge in [-0.3, -0.25) is 9.59 Å². The second kappa shape index (κ2) is 53.2. The average Bonchev–Trinajstić information content (AvgIpc) is 3.40. The van der Waals surface area contributed by atoms with E-state index >= 15 is 0 Å². The maximum atomic E-state index is 13.0. The molecule has 1 fully saturated rings. The molecule has 6 N–H and O–H groups in total. The standard InChI is InChI=1S/C63H119NO10/c1-3-5-7-9-11-13-15-26-30-33-37-41-45-49-56(66)55(54-73-63-62(71)61(70)60(69)57(53-65)74-63)64-58(67)50-46-42-38-34-31-27-24-22-20-18-16-17-19-21-23-25-28-32-36-40-44-48-52-72-59(68)51-47-43-39-35-29-14-12-10-8-6-4-2/h30,33,45,49,55-57,60-63,65-66,69-71H,3-29,31-32,34-44,46-48,50-54H2,1-2H3,(H,64,67)/b33-30+,49-45+. The molecule has 1 rings (SSSR count). The lowest BCUT2D eigenvalue weighted by Gasteiger charge is -2.40. The summed E-state index contributed by atoms with van der Waals surface area (Å²) in [7, 11) is 0. The van der Waals surface area contributed by atoms with Crippen LogP contribution in [0.15, 0.2) is 24.3 Å². The monoisotopic (exact) mass is 1050 g/mol. The number of hydrogen-bond acceptors (Lipinski definition) is 10. The van der Waals surface area contributed by atoms with Gasteiger partial charge in [0.15, 0.2) is 6.29 Å². The van der Waals surface area contributed by atoms with Crippen LogP contribution in [-0.2, 0) is 23.8 Å². The van der Waals surface area contributed by atoms with Gasteiger partial charge in [-0.15, -0.1) is 0 Å². The number of aliphatic hydroxyl groups is 5. The molecule has 1 saturated heterocycles. The predicted molar refractivity (Wildman–Crippen MR) is 306 cm³/mol. The molecule has 0 aromatic carbocycles. The van der Waals surface area contributed by atoms with Gasteiger partial charge in [0.05, 0.1) is 32.0 Å². The Morgan fingerprint density at radius 1 is 0.486 bits per heavy atom. The van der Waals surface area contributed by atoms with Gasteiger partial charge in [0.25, 0.3) is 0 Å². The number of amides is 1. The summed E-state index contributed by atoms with van der Waals surface area (Å²) < 4.78 is 16.7. The minimum Gasteiger partial charge on any atom is -0.466 e. The fourth-order valence-electron chi connectivity index (χ4n) is 10.0. The van der Waals surface area contributed by atoms with Crippen LogP contribution in [0, 0.1) is 0 Å². The second-order valence-corrected chi connectivity index (χ2v) is 22.1. The molecule has 1 heterocycles. The molecule has 0 saturated carbocycles. The number of hydrogen-bond donors (Lipinski definition) is 6. The van der Waals surface area contributed by atoms with Gasteiger partial charge in [-0.25, -0.2) is 0 Å². The highest BCUT2D eigenvalue weighted by molar-refractivity contribution is 5.76. The summed E-state index contributed by atoms with van der Waals surface area (Å²) >= 11 is 0. The van der Waals surface area contributed by atoms with Crippen LogP contribution in [0.2, 0.25) is 0 Å². The van der Waals surface area contributed by atoms with E-state index in [1.54, 1.807) is 6.08 Å². The third kappa shape index (κ3) is 42.2. The van der Waals surface area contributed by atoms with Gasteiger partial charge in [-0.2, -0.15) is 0 Å². The summed E-state index contributed by atoms with van der Waals surface area (Å²) in [5.74, 6) is -0.191. The van der Waals surface area contributed by atoms with Crippen molar-refractivity contribution in [1.29, 1.82) is 0 Å². The van der Waals surface area contributed by atoms with Crippen LogP contribution in [0.25, 0.3) is 0 Å². The normalized spacial score (nSPS) is 18.9. The number of esters is 1. The van der Waals surface area contributed by atoms with Crippen LogP contribution in [0.1, 0.15) is 303 Å². The molecule has 0 aliphatic carbocycles. The molecular formula is C63H119NO10. The van der Waals surface area contributed by atoms with Crippen LogP contribution in [0.5, 0.6) is 0 Å². The Morgan fingerprint density at radius 2 is 0.878 bits per heavy atom. The lowest BCUT2D eigenvalue weighted by atomic mass is 9.99. The maximum absolute atomic E-state index is 13.0. The molecule has 1 aliphatic heterocycles. The van der Waals surface area contributed by atoms with E-state index in [1.807, 2.05) is 6.08 Å². The zero-order valence-electron chi connectivity index (χ0n) is 48.1. The number of rotatable bonds is 55. The van der Waals surface area contributed by atoms with Crippen molar-refractivity contribution in [3.8, 4) is 0 Å². The van der Waals surface area contributed by atoms with E-state index < -0.39 is 49.5 Å². The largest absolute Gasteiger partial charge is 0.466 e. The average molecular weight is 1050 g/mol. The third-order valence-corrected chi connectivity index (χ3v) is 15.1. The number of unbranched alkanes of at least 4 members (excludes halogenated alkanes) is 39. The number of carbonyl (C=O) groups is 2. The molecule has 7 unspecified atom stereocenters. The van der Waals surface area contributed by atoms with Crippen LogP contribution >= 0.6 is 0 Å². The van der Waals surface area contributed by atoms with Crippen molar-refractivity contribution < 1.29 is 49.3 Å². The Bertz CT molecular complexity index is 1280. The van der Waals surface area contributed by atoms with Crippen molar-refractivity contribution in [1.82, 2.24) is 5.32 Å². The molecule has 0 spiro atoms. The van der Waals surface area contributed by atoms with Gasteiger partial charge in [-0.05, 0) is 44.9 Å². The lowest BCUT2D eigenvalue weighted by Crippen LogP contribution is -2.60. The molecule has 0 bridgehead atoms. The summed E-state index contributed by atoms with van der Waals surface area (Å²) in [5, 5.41) is 54.4. The van der Waals surface area contributed by atoms with Crippen LogP contribution in [0.3, 0.4) is 0 Å². The van der Waals surface area contributed by atoms with Crippen molar-refractivity contribution in [3.63, 3.8) is 0 Å². The van der Waals surface area contributed by atoms with Gasteiger partial charge in [0, 0.05) is 12.8 Å². The topological polar surface area (TPSA) is 175 Å². The Kier molecular flexibility index (Phi) is 50.4. The number of nitrogens with one attached hydrogen (secondary N) is 1. The first kappa shape index (κ1) is 70.2. The molecule has 0 aromatic heterocycles. The zero-order chi connectivity index (χ0) is 53.8. The van der Waals surface area contributed by atoms with Crippen molar-refractivity contribution in [3.05, 3.63) is 24.3 Å². The minimum atomic E-state index is -1.58. The van der Waals surface area contributed by atoms with Crippen molar-refractivity contribution in [2.75, 3.05) is 19.8 Å². The highest BCUT2D eigenvalue weighted by Crippen LogP contribution is 2.23. The zero-order valence-corrected chi connectivity index (χ0v) is 48.1. The highest BCUT2D eigenvalue weighted by atomic mass is 16.7. The van der Waals surface area contributed by atoms with E-state index in [-0.39, 0.29) is 18.5 Å². The van der Waals surface area contributed by atoms with Crippen LogP contribution in [-0.4, -0.2) is 100 Å². The molecule has 1 amide bonds. The number of allylic oxidation sites excluding steroid dienone is 3. The fraction of sp³-hybridized carbons (Fsp3) is 0.905. The molecule has 436 valence electrons. The molecule has 0 aromatic rings. The van der Waals surface area contributed by atoms with Crippen LogP contribution < -0.4 is 5.32 Å². The number of aliphatic hydroxyl groups excluding tert-OH is 5. The van der Waals surface area contributed by atoms with E-state index in [2.05, 4.69) is 31.3 Å². The molecule has 74 heavy (non-hydrogen) atoms. The van der Waals surface area contributed by atoms with E-state index in [9.17, 15) is 35.1 Å². The summed E-state index contributed by atoms with van der Waals surface area (Å²) in [6.07, 6.45) is 54.2. The molecular weight excluding hydrogens is 931 g/mol. The van der Waals surface area contributed by atoms with E-state index in [0.717, 1.165) is 57.8 Å². The first-order valence-corrected chi connectivity index (χ1v) is 31.6. The summed E-state index contributed by atoms with van der Waals surface area (Å²) in [6, 6.07) is -0.827. The van der Waals surface area contributed by atoms with Crippen LogP contribution in [0.4, 0.5) is 0 Å². The molecule has 11 heteroatoms. The third-order valence-electron chi connectivity index (χ3n) is 15.1. The van der Waals surface area contributed by atoms with Crippen molar-refractivity contribution >= 4 is 11.9 Å². The van der Waals surface area contributed by atoms with Gasteiger partial charge in [-0.1, -0.05) is 269 Å². The summed E-state index contributed by atoms with van der Waals surface area (Å²) in [5.41, 5.74) is 0. The van der Waals surface area contributed by atoms with Gasteiger partial charge >= 0.3 is 5.97 Å². The van der Waals surface area contributed by atoms with Gasteiger partial charge in [0.2, 0.25) is 5.91 Å². The Balaban J connectivity index is 2.05. The second-order valence-electron chi connectivity index (χ2n) is 22.1. The SMILES string of the molecule is CCCCCCCCC/C=C/CC/C=C/C(O)C(COC1OC(CO)C(O)C(O)C1O)NC(=O)CCCCCCCCCCCCCCCCCCCCCCCCOC(=O)CCCCCCCCCCCCC. The van der Waals surface area contributed by atoms with E-state index in [4.69, 9.17) is 14.2 Å². The first-order valence-electron chi connectivity index (χ1n) is 31.6. The highest BCUT2D eigenvalue weighted by Gasteiger charge is 2.44. The lowest BCUT2D eigenvalue weighted by molar-refractivity contribution is -0.302. The Morgan fingerprint density at radius 3 is 1.34 bits per heavy atom. The molecule has 11 nitrogen and oxygen atoms in total. The smallest absolute Gasteiger partial charge is 0.305 e. The Labute approximate surface area is 454 Å². The summed E-state index contributed by atoms with van der Waals surface area (Å²) in [4.78, 5) is 25.1. The molecule has 1 aliphatic rings. The number of carbonyl (C=O) groups excluding carboxylic acids is 2. The molecule has 0 radical (unpaired) electrons. The summed E-state index contributed by atoms with van der Waals surface area (Å²) in [6.45, 7) is 4.33.